The van der Waals surface area contributed by atoms with E-state index < -0.39 is 97.5 Å². The Balaban J connectivity index is 5.26. The van der Waals surface area contributed by atoms with Crippen molar-refractivity contribution in [2.24, 2.45) is 23.7 Å². The van der Waals surface area contributed by atoms with Gasteiger partial charge in [0.25, 0.3) is 0 Å². The van der Waals surface area contributed by atoms with Crippen LogP contribution in [-0.2, 0) is 65.4 Å². The summed E-state index contributed by atoms with van der Waals surface area (Å²) in [6.45, 7) is 14.2. The minimum absolute atomic E-state index is 0.106. The van der Waals surface area contributed by atoms with E-state index in [2.05, 4.69) is 55.4 Å². The average molecular weight is 1370 g/mol. The van der Waals surface area contributed by atoms with Gasteiger partial charge >= 0.3 is 39.5 Å². The molecule has 0 amide bonds. The lowest BCUT2D eigenvalue weighted by Crippen LogP contribution is -2.30. The van der Waals surface area contributed by atoms with Crippen molar-refractivity contribution in [2.45, 2.75) is 388 Å². The van der Waals surface area contributed by atoms with Crippen LogP contribution in [0, 0.1) is 23.7 Å². The molecular weight excluding hydrogens is 1220 g/mol. The van der Waals surface area contributed by atoms with Crippen molar-refractivity contribution in [3.05, 3.63) is 0 Å². The molecule has 0 aliphatic carbocycles. The van der Waals surface area contributed by atoms with Crippen molar-refractivity contribution >= 4 is 39.5 Å². The summed E-state index contributed by atoms with van der Waals surface area (Å²) in [5, 5.41) is 10.6. The lowest BCUT2D eigenvalue weighted by Gasteiger charge is -2.21. The van der Waals surface area contributed by atoms with Gasteiger partial charge in [-0.15, -0.1) is 0 Å². The first-order chi connectivity index (χ1) is 44.6. The van der Waals surface area contributed by atoms with Gasteiger partial charge in [-0.3, -0.25) is 37.3 Å². The van der Waals surface area contributed by atoms with E-state index in [0.29, 0.717) is 31.6 Å². The Morgan fingerprint density at radius 3 is 0.763 bits per heavy atom. The number of hydrogen-bond acceptors (Lipinski definition) is 15. The molecule has 3 N–H and O–H groups in total. The number of phosphoric acid groups is 2. The Bertz CT molecular complexity index is 1840. The molecule has 0 saturated heterocycles. The van der Waals surface area contributed by atoms with Crippen molar-refractivity contribution in [1.82, 2.24) is 0 Å². The third kappa shape index (κ3) is 67.0. The second-order valence-electron chi connectivity index (χ2n) is 28.4. The third-order valence-electron chi connectivity index (χ3n) is 17.4. The maximum Gasteiger partial charge on any atom is 0.472 e. The summed E-state index contributed by atoms with van der Waals surface area (Å²) in [7, 11) is -9.91. The molecule has 0 saturated carbocycles. The molecule has 17 nitrogen and oxygen atoms in total. The summed E-state index contributed by atoms with van der Waals surface area (Å²) in [5.74, 6) is 0.933. The zero-order chi connectivity index (χ0) is 68.9. The Hall–Kier alpha value is -1.94. The van der Waals surface area contributed by atoms with Crippen LogP contribution in [0.5, 0.6) is 0 Å². The van der Waals surface area contributed by atoms with Gasteiger partial charge in [-0.1, -0.05) is 319 Å². The van der Waals surface area contributed by atoms with Crippen LogP contribution in [0.4, 0.5) is 0 Å². The highest BCUT2D eigenvalue weighted by molar-refractivity contribution is 7.47. The minimum Gasteiger partial charge on any atom is -0.462 e. The highest BCUT2D eigenvalue weighted by Crippen LogP contribution is 2.45. The lowest BCUT2D eigenvalue weighted by atomic mass is 9.99. The predicted molar refractivity (Wildman–Crippen MR) is 377 cm³/mol. The normalized spacial score (nSPS) is 14.5. The molecule has 0 radical (unpaired) electrons. The number of hydrogen-bond donors (Lipinski definition) is 3. The third-order valence-corrected chi connectivity index (χ3v) is 19.3. The molecule has 4 unspecified atom stereocenters. The second kappa shape index (κ2) is 63.5. The van der Waals surface area contributed by atoms with E-state index in [4.69, 9.17) is 37.0 Å². The lowest BCUT2D eigenvalue weighted by molar-refractivity contribution is -0.161. The molecule has 0 fully saturated rings. The molecule has 0 aromatic carbocycles. The van der Waals surface area contributed by atoms with Gasteiger partial charge in [0.15, 0.2) is 12.2 Å². The predicted octanol–water partition coefficient (Wildman–Crippen LogP) is 21.3. The Morgan fingerprint density at radius 1 is 0.301 bits per heavy atom. The molecule has 6 atom stereocenters. The number of esters is 4. The standard InChI is InChI=1S/C74H144O17P2/c1-9-67(8)53-45-37-29-21-17-18-22-30-38-46-54-71(76)84-60-69(90-74(79)57-49-41-32-24-16-12-14-20-27-35-43-51-65(4)5)62-88-92(80,81)86-58-68(75)59-87-93(82,83)89-63-70(61-85-72(77)55-47-39-33-25-28-36-44-52-66(6)7)91-73(78)56-48-40-31-23-15-11-10-13-19-26-34-42-50-64(2)3/h64-70,75H,9-63H2,1-8H3,(H,80,81)(H,82,83)/t67?,68?,69-,70-/m1/s1. The van der Waals surface area contributed by atoms with Crippen LogP contribution in [0.2, 0.25) is 0 Å². The van der Waals surface area contributed by atoms with Crippen molar-refractivity contribution in [2.75, 3.05) is 39.6 Å². The fourth-order valence-electron chi connectivity index (χ4n) is 11.2. The van der Waals surface area contributed by atoms with Gasteiger partial charge in [0.05, 0.1) is 26.4 Å². The molecule has 0 aromatic heterocycles. The number of aliphatic hydroxyl groups is 1. The molecule has 0 heterocycles. The summed E-state index contributed by atoms with van der Waals surface area (Å²) in [6, 6.07) is 0. The molecule has 0 aromatic rings. The Labute approximate surface area is 568 Å². The molecule has 0 aliphatic heterocycles. The van der Waals surface area contributed by atoms with Crippen LogP contribution in [0.3, 0.4) is 0 Å². The van der Waals surface area contributed by atoms with Gasteiger partial charge in [-0.2, -0.15) is 0 Å². The van der Waals surface area contributed by atoms with E-state index in [9.17, 15) is 43.2 Å². The van der Waals surface area contributed by atoms with Crippen LogP contribution >= 0.6 is 15.6 Å². The van der Waals surface area contributed by atoms with Gasteiger partial charge in [-0.25, -0.2) is 9.13 Å². The number of phosphoric ester groups is 2. The smallest absolute Gasteiger partial charge is 0.462 e. The zero-order valence-electron chi connectivity index (χ0n) is 60.9. The number of ether oxygens (including phenoxy) is 4. The maximum atomic E-state index is 13.1. The van der Waals surface area contributed by atoms with Gasteiger partial charge in [0, 0.05) is 25.7 Å². The van der Waals surface area contributed by atoms with Crippen LogP contribution < -0.4 is 0 Å². The first-order valence-electron chi connectivity index (χ1n) is 38.2. The highest BCUT2D eigenvalue weighted by atomic mass is 31.2. The number of carbonyl (C=O) groups excluding carboxylic acids is 4. The number of rotatable bonds is 71. The van der Waals surface area contributed by atoms with Crippen LogP contribution in [0.1, 0.15) is 370 Å². The fraction of sp³-hybridized carbons (Fsp3) is 0.946. The molecular formula is C74H144O17P2. The van der Waals surface area contributed by atoms with Gasteiger partial charge in [0.1, 0.15) is 19.3 Å². The molecule has 0 spiro atoms. The summed E-state index contributed by atoms with van der Waals surface area (Å²) in [6.07, 6.45) is 47.1. The molecule has 0 rings (SSSR count). The minimum atomic E-state index is -4.96. The molecule has 19 heteroatoms. The van der Waals surface area contributed by atoms with E-state index in [1.165, 1.54) is 167 Å². The van der Waals surface area contributed by atoms with Gasteiger partial charge in [-0.05, 0) is 49.4 Å². The van der Waals surface area contributed by atoms with E-state index >= 15 is 0 Å². The first-order valence-corrected chi connectivity index (χ1v) is 41.2. The van der Waals surface area contributed by atoms with Crippen molar-refractivity contribution in [3.63, 3.8) is 0 Å². The summed E-state index contributed by atoms with van der Waals surface area (Å²) in [4.78, 5) is 72.7. The highest BCUT2D eigenvalue weighted by Gasteiger charge is 2.30. The summed E-state index contributed by atoms with van der Waals surface area (Å²) >= 11 is 0. The quantitative estimate of drug-likeness (QED) is 0.0222. The Kier molecular flexibility index (Phi) is 62.2. The average Bonchev–Trinajstić information content (AvgIpc) is 2.39. The van der Waals surface area contributed by atoms with Crippen LogP contribution in [-0.4, -0.2) is 96.7 Å². The number of unbranched alkanes of at least 4 members (excludes halogenated alkanes) is 36. The van der Waals surface area contributed by atoms with Gasteiger partial charge in [0.2, 0.25) is 0 Å². The van der Waals surface area contributed by atoms with Crippen molar-refractivity contribution < 1.29 is 80.2 Å². The zero-order valence-corrected chi connectivity index (χ0v) is 62.7. The second-order valence-corrected chi connectivity index (χ2v) is 31.3. The SMILES string of the molecule is CCC(C)CCCCCCCCCCCCC(=O)OC[C@H](COP(=O)(O)OCC(O)COP(=O)(O)OC[C@@H](COC(=O)CCCCCCCCCC(C)C)OC(=O)CCCCCCCCCCCCCCC(C)C)OC(=O)CCCCCCCCCCCCCC(C)C. The van der Waals surface area contributed by atoms with Crippen molar-refractivity contribution in [3.8, 4) is 0 Å². The van der Waals surface area contributed by atoms with Crippen molar-refractivity contribution in [1.29, 1.82) is 0 Å². The molecule has 0 bridgehead atoms. The van der Waals surface area contributed by atoms with E-state index in [-0.39, 0.29) is 25.7 Å². The first kappa shape index (κ1) is 91.1. The van der Waals surface area contributed by atoms with Gasteiger partial charge < -0.3 is 33.8 Å². The molecule has 0 aliphatic rings. The maximum absolute atomic E-state index is 13.1. The Morgan fingerprint density at radius 2 is 0.516 bits per heavy atom. The topological polar surface area (TPSA) is 237 Å². The fourth-order valence-corrected chi connectivity index (χ4v) is 12.7. The molecule has 93 heavy (non-hydrogen) atoms. The summed E-state index contributed by atoms with van der Waals surface area (Å²) in [5.41, 5.74) is 0. The number of aliphatic hydroxyl groups excluding tert-OH is 1. The monoisotopic (exact) mass is 1370 g/mol. The molecule has 552 valence electrons. The van der Waals surface area contributed by atoms with E-state index in [1.807, 2.05) is 0 Å². The number of carbonyl (C=O) groups is 4. The van der Waals surface area contributed by atoms with E-state index in [1.54, 1.807) is 0 Å². The largest absolute Gasteiger partial charge is 0.472 e. The van der Waals surface area contributed by atoms with E-state index in [0.717, 1.165) is 114 Å². The van der Waals surface area contributed by atoms with Crippen LogP contribution in [0.25, 0.3) is 0 Å². The summed E-state index contributed by atoms with van der Waals surface area (Å²) < 4.78 is 68.5. The van der Waals surface area contributed by atoms with Crippen LogP contribution in [0.15, 0.2) is 0 Å².